The van der Waals surface area contributed by atoms with Gasteiger partial charge in [0.05, 0.1) is 0 Å². The average molecular weight is 897 g/mol. The van der Waals surface area contributed by atoms with Gasteiger partial charge in [-0.3, -0.25) is 14.4 Å². The van der Waals surface area contributed by atoms with E-state index in [9.17, 15) is 14.4 Å². The Morgan fingerprint density at radius 2 is 0.609 bits per heavy atom. The molecule has 0 radical (unpaired) electrons. The summed E-state index contributed by atoms with van der Waals surface area (Å²) in [6, 6.07) is 0. The molecule has 6 nitrogen and oxygen atoms in total. The van der Waals surface area contributed by atoms with Gasteiger partial charge in [0, 0.05) is 19.3 Å². The zero-order valence-electron chi connectivity index (χ0n) is 42.6. The summed E-state index contributed by atoms with van der Waals surface area (Å²) in [7, 11) is 0. The van der Waals surface area contributed by atoms with Crippen LogP contribution < -0.4 is 0 Å². The molecule has 0 saturated carbocycles. The van der Waals surface area contributed by atoms with Gasteiger partial charge in [-0.25, -0.2) is 0 Å². The second kappa shape index (κ2) is 53.0. The van der Waals surface area contributed by atoms with Crippen molar-refractivity contribution in [2.75, 3.05) is 13.2 Å². The van der Waals surface area contributed by atoms with Crippen LogP contribution in [0.25, 0.3) is 0 Å². The van der Waals surface area contributed by atoms with Crippen LogP contribution in [0.15, 0.2) is 48.6 Å². The molecule has 0 amide bonds. The standard InChI is InChI=1S/C58H104O6/c1-4-7-10-13-16-19-22-25-27-28-29-30-31-34-36-39-42-45-48-51-57(60)63-54-55(53-62-56(59)50-47-44-41-38-35-32-24-21-18-15-12-9-6-3)64-58(61)52-49-46-43-40-37-33-26-23-20-17-14-11-8-5-2/h7,10,16,19,25,27,32,35,55H,4-6,8-9,11-15,17-18,20-24,26,28-31,33-34,36-54H2,1-3H3/b10-7-,19-16-,27-25-,35-32-. The molecule has 0 aliphatic heterocycles. The number of hydrogen-bond donors (Lipinski definition) is 0. The molecule has 0 heterocycles. The molecule has 372 valence electrons. The van der Waals surface area contributed by atoms with E-state index in [2.05, 4.69) is 69.4 Å². The van der Waals surface area contributed by atoms with E-state index in [4.69, 9.17) is 14.2 Å². The maximum absolute atomic E-state index is 12.8. The third-order valence-corrected chi connectivity index (χ3v) is 12.1. The van der Waals surface area contributed by atoms with Crippen molar-refractivity contribution in [1.29, 1.82) is 0 Å². The number of esters is 3. The Hall–Kier alpha value is -2.63. The highest BCUT2D eigenvalue weighted by Gasteiger charge is 2.19. The van der Waals surface area contributed by atoms with Gasteiger partial charge < -0.3 is 14.2 Å². The molecule has 64 heavy (non-hydrogen) atoms. The SMILES string of the molecule is CC/C=C\C/C=C\C/C=C\CCCCCCCCCCCC(=O)OCC(COC(=O)CCCCC/C=C\CCCCCCCC)OC(=O)CCCCCCCCCCCCCCCC. The van der Waals surface area contributed by atoms with Gasteiger partial charge in [0.2, 0.25) is 0 Å². The molecule has 1 unspecified atom stereocenters. The number of carbonyl (C=O) groups is 3. The number of ether oxygens (including phenoxy) is 3. The van der Waals surface area contributed by atoms with E-state index in [-0.39, 0.29) is 31.1 Å². The van der Waals surface area contributed by atoms with Gasteiger partial charge in [-0.1, -0.05) is 236 Å². The summed E-state index contributed by atoms with van der Waals surface area (Å²) < 4.78 is 16.8. The van der Waals surface area contributed by atoms with Gasteiger partial charge in [-0.15, -0.1) is 0 Å². The van der Waals surface area contributed by atoms with Crippen molar-refractivity contribution in [3.05, 3.63) is 48.6 Å². The Morgan fingerprint density at radius 3 is 0.984 bits per heavy atom. The monoisotopic (exact) mass is 897 g/mol. The summed E-state index contributed by atoms with van der Waals surface area (Å²) in [5.41, 5.74) is 0. The van der Waals surface area contributed by atoms with Gasteiger partial charge in [0.15, 0.2) is 6.10 Å². The highest BCUT2D eigenvalue weighted by molar-refractivity contribution is 5.71. The Kier molecular flexibility index (Phi) is 50.8. The van der Waals surface area contributed by atoms with Crippen LogP contribution in [0.3, 0.4) is 0 Å². The summed E-state index contributed by atoms with van der Waals surface area (Å²) in [6.07, 6.45) is 63.8. The van der Waals surface area contributed by atoms with Crippen LogP contribution in [0, 0.1) is 0 Å². The van der Waals surface area contributed by atoms with E-state index in [1.54, 1.807) is 0 Å². The first-order valence-electron chi connectivity index (χ1n) is 27.6. The highest BCUT2D eigenvalue weighted by atomic mass is 16.6. The van der Waals surface area contributed by atoms with E-state index in [1.807, 2.05) is 0 Å². The summed E-state index contributed by atoms with van der Waals surface area (Å²) in [5.74, 6) is -0.887. The van der Waals surface area contributed by atoms with E-state index in [1.165, 1.54) is 154 Å². The normalized spacial score (nSPS) is 12.4. The first-order chi connectivity index (χ1) is 31.5. The molecule has 0 saturated heterocycles. The number of hydrogen-bond acceptors (Lipinski definition) is 6. The van der Waals surface area contributed by atoms with Gasteiger partial charge >= 0.3 is 17.9 Å². The number of carbonyl (C=O) groups excluding carboxylic acids is 3. The molecular formula is C58H104O6. The molecule has 0 aromatic rings. The smallest absolute Gasteiger partial charge is 0.306 e. The van der Waals surface area contributed by atoms with Crippen molar-refractivity contribution in [2.24, 2.45) is 0 Å². The highest BCUT2D eigenvalue weighted by Crippen LogP contribution is 2.16. The molecule has 0 rings (SSSR count). The van der Waals surface area contributed by atoms with Crippen molar-refractivity contribution >= 4 is 17.9 Å². The van der Waals surface area contributed by atoms with Crippen LogP contribution in [0.2, 0.25) is 0 Å². The van der Waals surface area contributed by atoms with Crippen molar-refractivity contribution in [2.45, 2.75) is 290 Å². The summed E-state index contributed by atoms with van der Waals surface area (Å²) in [4.78, 5) is 38.1. The van der Waals surface area contributed by atoms with Crippen molar-refractivity contribution in [3.8, 4) is 0 Å². The fourth-order valence-electron chi connectivity index (χ4n) is 7.92. The fourth-order valence-corrected chi connectivity index (χ4v) is 7.92. The number of rotatable bonds is 50. The predicted molar refractivity (Wildman–Crippen MR) is 275 cm³/mol. The minimum absolute atomic E-state index is 0.0779. The van der Waals surface area contributed by atoms with Gasteiger partial charge in [0.1, 0.15) is 13.2 Å². The maximum Gasteiger partial charge on any atom is 0.306 e. The lowest BCUT2D eigenvalue weighted by Gasteiger charge is -2.18. The second-order valence-electron chi connectivity index (χ2n) is 18.5. The average Bonchev–Trinajstić information content (AvgIpc) is 3.29. The molecule has 0 aliphatic carbocycles. The number of unbranched alkanes of at least 4 members (excludes halogenated alkanes) is 31. The van der Waals surface area contributed by atoms with Crippen molar-refractivity contribution in [1.82, 2.24) is 0 Å². The Labute approximate surface area is 397 Å². The van der Waals surface area contributed by atoms with Crippen LogP contribution in [0.5, 0.6) is 0 Å². The quantitative estimate of drug-likeness (QED) is 0.0262. The lowest BCUT2D eigenvalue weighted by atomic mass is 10.0. The number of allylic oxidation sites excluding steroid dienone is 8. The molecule has 0 aromatic carbocycles. The molecule has 0 bridgehead atoms. The van der Waals surface area contributed by atoms with Crippen molar-refractivity contribution < 1.29 is 28.6 Å². The van der Waals surface area contributed by atoms with E-state index < -0.39 is 6.10 Å². The van der Waals surface area contributed by atoms with Crippen LogP contribution in [0.1, 0.15) is 284 Å². The van der Waals surface area contributed by atoms with Crippen LogP contribution in [-0.2, 0) is 28.6 Å². The second-order valence-corrected chi connectivity index (χ2v) is 18.5. The third kappa shape index (κ3) is 50.4. The van der Waals surface area contributed by atoms with Crippen LogP contribution >= 0.6 is 0 Å². The topological polar surface area (TPSA) is 78.9 Å². The predicted octanol–water partition coefficient (Wildman–Crippen LogP) is 18.3. The molecule has 1 atom stereocenters. The zero-order valence-corrected chi connectivity index (χ0v) is 42.6. The Balaban J connectivity index is 4.35. The minimum Gasteiger partial charge on any atom is -0.462 e. The minimum atomic E-state index is -0.778. The van der Waals surface area contributed by atoms with Gasteiger partial charge in [-0.2, -0.15) is 0 Å². The molecule has 0 N–H and O–H groups in total. The largest absolute Gasteiger partial charge is 0.462 e. The Bertz CT molecular complexity index is 1120. The van der Waals surface area contributed by atoms with Gasteiger partial charge in [-0.05, 0) is 77.0 Å². The summed E-state index contributed by atoms with van der Waals surface area (Å²) >= 11 is 0. The maximum atomic E-state index is 12.8. The van der Waals surface area contributed by atoms with E-state index >= 15 is 0 Å². The van der Waals surface area contributed by atoms with E-state index in [0.717, 1.165) is 89.9 Å². The Morgan fingerprint density at radius 1 is 0.328 bits per heavy atom. The van der Waals surface area contributed by atoms with E-state index in [0.29, 0.717) is 19.3 Å². The lowest BCUT2D eigenvalue weighted by Crippen LogP contribution is -2.30. The third-order valence-electron chi connectivity index (χ3n) is 12.1. The fraction of sp³-hybridized carbons (Fsp3) is 0.810. The van der Waals surface area contributed by atoms with Crippen LogP contribution in [-0.4, -0.2) is 37.2 Å². The molecule has 0 spiro atoms. The zero-order chi connectivity index (χ0) is 46.5. The molecule has 0 fully saturated rings. The first-order valence-corrected chi connectivity index (χ1v) is 27.6. The first kappa shape index (κ1) is 61.4. The molecule has 0 aromatic heterocycles. The van der Waals surface area contributed by atoms with Crippen LogP contribution in [0.4, 0.5) is 0 Å². The lowest BCUT2D eigenvalue weighted by molar-refractivity contribution is -0.167. The molecule has 6 heteroatoms. The molecule has 0 aliphatic rings. The molecular weight excluding hydrogens is 793 g/mol. The van der Waals surface area contributed by atoms with Crippen molar-refractivity contribution in [3.63, 3.8) is 0 Å². The van der Waals surface area contributed by atoms with Gasteiger partial charge in [0.25, 0.3) is 0 Å². The summed E-state index contributed by atoms with van der Waals surface area (Å²) in [5, 5.41) is 0. The summed E-state index contributed by atoms with van der Waals surface area (Å²) in [6.45, 7) is 6.53.